The first-order chi connectivity index (χ1) is 12.6. The number of nitrogens with zero attached hydrogens (tertiary/aromatic N) is 1. The third-order valence-corrected chi connectivity index (χ3v) is 4.18. The quantitative estimate of drug-likeness (QED) is 0.251. The maximum atomic E-state index is 11.5. The lowest BCUT2D eigenvalue weighted by Crippen LogP contribution is -2.36. The van der Waals surface area contributed by atoms with E-state index in [4.69, 9.17) is 9.47 Å². The molecule has 0 saturated heterocycles. The molecule has 0 amide bonds. The molecule has 0 N–H and O–H groups in total. The maximum Gasteiger partial charge on any atom is 0.305 e. The Hall–Kier alpha value is -2.20. The number of aliphatic imine (C=N–C) groups is 1. The summed E-state index contributed by atoms with van der Waals surface area (Å²) >= 11 is 0. The fourth-order valence-corrected chi connectivity index (χ4v) is 2.79. The number of esters is 1. The van der Waals surface area contributed by atoms with Gasteiger partial charge in [0.2, 0.25) is 5.79 Å². The van der Waals surface area contributed by atoms with Gasteiger partial charge in [-0.15, -0.1) is 0 Å². The smallest absolute Gasteiger partial charge is 0.305 e. The van der Waals surface area contributed by atoms with Crippen molar-refractivity contribution in [3.05, 3.63) is 59.8 Å². The van der Waals surface area contributed by atoms with Crippen molar-refractivity contribution < 1.29 is 14.3 Å². The monoisotopic (exact) mass is 355 g/mol. The van der Waals surface area contributed by atoms with E-state index in [2.05, 4.69) is 11.9 Å². The van der Waals surface area contributed by atoms with E-state index in [1.165, 1.54) is 26.2 Å². The molecule has 0 heterocycles. The summed E-state index contributed by atoms with van der Waals surface area (Å²) in [6.07, 6.45) is 13.7. The van der Waals surface area contributed by atoms with Crippen molar-refractivity contribution in [3.8, 4) is 0 Å². The van der Waals surface area contributed by atoms with Gasteiger partial charge in [-0.25, -0.2) is 0 Å². The third-order valence-electron chi connectivity index (χ3n) is 4.18. The number of allylic oxidation sites excluding steroid dienone is 1. The summed E-state index contributed by atoms with van der Waals surface area (Å²) in [6.45, 7) is 4.19. The molecule has 1 aromatic rings. The topological polar surface area (TPSA) is 47.9 Å². The van der Waals surface area contributed by atoms with Crippen LogP contribution < -0.4 is 0 Å². The minimum absolute atomic E-state index is 0.342. The molecule has 2 rings (SSSR count). The van der Waals surface area contributed by atoms with Crippen LogP contribution in [0.3, 0.4) is 0 Å². The number of unbranched alkanes of at least 4 members (excludes halogenated alkanes) is 4. The second-order valence-corrected chi connectivity index (χ2v) is 6.50. The molecule has 140 valence electrons. The number of carbonyl (C=O) groups is 1. The van der Waals surface area contributed by atoms with Crippen molar-refractivity contribution >= 4 is 12.2 Å². The molecular formula is C22H29NO3. The minimum Gasteiger partial charge on any atom is -0.429 e. The van der Waals surface area contributed by atoms with Crippen molar-refractivity contribution in [1.29, 1.82) is 0 Å². The summed E-state index contributed by atoms with van der Waals surface area (Å²) in [5.41, 5.74) is 1.88. The van der Waals surface area contributed by atoms with Gasteiger partial charge in [-0.1, -0.05) is 69.0 Å². The Morgan fingerprint density at radius 2 is 1.96 bits per heavy atom. The maximum absolute atomic E-state index is 11.5. The van der Waals surface area contributed by atoms with Gasteiger partial charge >= 0.3 is 5.97 Å². The molecular weight excluding hydrogens is 326 g/mol. The van der Waals surface area contributed by atoms with Gasteiger partial charge < -0.3 is 9.47 Å². The lowest BCUT2D eigenvalue weighted by Gasteiger charge is -2.31. The largest absolute Gasteiger partial charge is 0.429 e. The highest BCUT2D eigenvalue weighted by Crippen LogP contribution is 2.27. The van der Waals surface area contributed by atoms with Crippen molar-refractivity contribution in [2.24, 2.45) is 4.99 Å². The van der Waals surface area contributed by atoms with E-state index in [0.717, 1.165) is 24.1 Å². The molecule has 26 heavy (non-hydrogen) atoms. The fourth-order valence-electron chi connectivity index (χ4n) is 2.79. The molecule has 0 spiro atoms. The Morgan fingerprint density at radius 1 is 1.19 bits per heavy atom. The van der Waals surface area contributed by atoms with Crippen molar-refractivity contribution in [2.45, 2.75) is 58.2 Å². The van der Waals surface area contributed by atoms with Gasteiger partial charge in [0.05, 0.1) is 12.3 Å². The van der Waals surface area contributed by atoms with Gasteiger partial charge in [-0.05, 0) is 24.1 Å². The zero-order chi connectivity index (χ0) is 18.7. The molecule has 0 aliphatic heterocycles. The van der Waals surface area contributed by atoms with Gasteiger partial charge in [-0.3, -0.25) is 9.79 Å². The van der Waals surface area contributed by atoms with Gasteiger partial charge in [0, 0.05) is 19.6 Å². The van der Waals surface area contributed by atoms with Crippen molar-refractivity contribution in [2.75, 3.05) is 6.61 Å². The Balaban J connectivity index is 1.90. The summed E-state index contributed by atoms with van der Waals surface area (Å²) in [5, 5.41) is 0. The average Bonchev–Trinajstić information content (AvgIpc) is 2.64. The van der Waals surface area contributed by atoms with Crippen LogP contribution in [0.4, 0.5) is 0 Å². The molecule has 1 aromatic carbocycles. The van der Waals surface area contributed by atoms with Gasteiger partial charge in [0.25, 0.3) is 0 Å². The first-order valence-corrected chi connectivity index (χ1v) is 9.45. The molecule has 0 radical (unpaired) electrons. The van der Waals surface area contributed by atoms with Gasteiger partial charge in [0.15, 0.2) is 0 Å². The van der Waals surface area contributed by atoms with Crippen LogP contribution in [0.2, 0.25) is 0 Å². The van der Waals surface area contributed by atoms with Crippen LogP contribution in [0.25, 0.3) is 0 Å². The van der Waals surface area contributed by atoms with Crippen LogP contribution in [0.15, 0.2) is 59.2 Å². The highest BCUT2D eigenvalue weighted by molar-refractivity contribution is 5.80. The standard InChI is InChI=1S/C22H29NO3/c1-3-4-5-6-10-17-25-22(26-19(2)24)15-13-21(14-16-22)23-18-20-11-8-7-9-12-20/h7-9,11-15,18H,3-6,10,16-17H2,1-2H3. The van der Waals surface area contributed by atoms with E-state index >= 15 is 0 Å². The van der Waals surface area contributed by atoms with E-state index in [1.807, 2.05) is 48.7 Å². The summed E-state index contributed by atoms with van der Waals surface area (Å²) < 4.78 is 11.4. The molecule has 1 atom stereocenters. The fraction of sp³-hybridized carbons (Fsp3) is 0.455. The predicted octanol–water partition coefficient (Wildman–Crippen LogP) is 5.20. The van der Waals surface area contributed by atoms with Crippen LogP contribution in [-0.2, 0) is 14.3 Å². The SMILES string of the molecule is CCCCCCCOC1(OC(C)=O)C=CC(N=Cc2ccccc2)=CC1. The van der Waals surface area contributed by atoms with Crippen LogP contribution in [0, 0.1) is 0 Å². The van der Waals surface area contributed by atoms with Crippen LogP contribution >= 0.6 is 0 Å². The van der Waals surface area contributed by atoms with Gasteiger partial charge in [0.1, 0.15) is 0 Å². The summed E-state index contributed by atoms with van der Waals surface area (Å²) in [4.78, 5) is 16.0. The minimum atomic E-state index is -0.998. The summed E-state index contributed by atoms with van der Waals surface area (Å²) in [5.74, 6) is -1.34. The normalized spacial score (nSPS) is 19.5. The Kier molecular flexibility index (Phi) is 8.29. The van der Waals surface area contributed by atoms with E-state index in [-0.39, 0.29) is 5.97 Å². The zero-order valence-electron chi connectivity index (χ0n) is 15.8. The van der Waals surface area contributed by atoms with E-state index in [0.29, 0.717) is 13.0 Å². The molecule has 0 fully saturated rings. The lowest BCUT2D eigenvalue weighted by atomic mass is 10.1. The predicted molar refractivity (Wildman–Crippen MR) is 105 cm³/mol. The van der Waals surface area contributed by atoms with Crippen LogP contribution in [0.5, 0.6) is 0 Å². The number of benzene rings is 1. The summed E-state index contributed by atoms with van der Waals surface area (Å²) in [7, 11) is 0. The number of hydrogen-bond donors (Lipinski definition) is 0. The lowest BCUT2D eigenvalue weighted by molar-refractivity contribution is -0.207. The number of carbonyl (C=O) groups excluding carboxylic acids is 1. The van der Waals surface area contributed by atoms with E-state index < -0.39 is 5.79 Å². The molecule has 4 heteroatoms. The number of ether oxygens (including phenoxy) is 2. The Morgan fingerprint density at radius 3 is 2.62 bits per heavy atom. The molecule has 1 aliphatic carbocycles. The highest BCUT2D eigenvalue weighted by Gasteiger charge is 2.32. The second kappa shape index (κ2) is 10.7. The Labute approximate surface area is 156 Å². The first kappa shape index (κ1) is 20.1. The van der Waals surface area contributed by atoms with Gasteiger partial charge in [-0.2, -0.15) is 0 Å². The highest BCUT2D eigenvalue weighted by atomic mass is 16.7. The third kappa shape index (κ3) is 6.96. The van der Waals surface area contributed by atoms with Crippen molar-refractivity contribution in [3.63, 3.8) is 0 Å². The molecule has 4 nitrogen and oxygen atoms in total. The van der Waals surface area contributed by atoms with E-state index in [9.17, 15) is 4.79 Å². The second-order valence-electron chi connectivity index (χ2n) is 6.50. The average molecular weight is 355 g/mol. The molecule has 0 saturated carbocycles. The molecule has 1 aliphatic rings. The van der Waals surface area contributed by atoms with Crippen LogP contribution in [-0.4, -0.2) is 24.6 Å². The Bertz CT molecular complexity index is 649. The zero-order valence-corrected chi connectivity index (χ0v) is 15.8. The number of hydrogen-bond acceptors (Lipinski definition) is 4. The van der Waals surface area contributed by atoms with Crippen LogP contribution in [0.1, 0.15) is 57.9 Å². The summed E-state index contributed by atoms with van der Waals surface area (Å²) in [6, 6.07) is 9.94. The first-order valence-electron chi connectivity index (χ1n) is 9.45. The van der Waals surface area contributed by atoms with E-state index in [1.54, 1.807) is 6.08 Å². The molecule has 0 aromatic heterocycles. The number of rotatable bonds is 10. The molecule has 1 unspecified atom stereocenters. The van der Waals surface area contributed by atoms with Crippen molar-refractivity contribution in [1.82, 2.24) is 0 Å². The molecule has 0 bridgehead atoms.